The SMILES string of the molecule is COC(=O)c1nc(C)cc(NC2CCCCCCC2)n1. The zero-order valence-electron chi connectivity index (χ0n) is 12.3. The Morgan fingerprint density at radius 2 is 1.85 bits per heavy atom. The average molecular weight is 277 g/mol. The van der Waals surface area contributed by atoms with E-state index in [1.165, 1.54) is 39.2 Å². The summed E-state index contributed by atoms with van der Waals surface area (Å²) in [5, 5.41) is 3.45. The van der Waals surface area contributed by atoms with Crippen molar-refractivity contribution in [2.24, 2.45) is 0 Å². The number of nitrogens with one attached hydrogen (secondary N) is 1. The van der Waals surface area contributed by atoms with Crippen molar-refractivity contribution in [3.8, 4) is 0 Å². The van der Waals surface area contributed by atoms with Crippen LogP contribution in [0.3, 0.4) is 0 Å². The number of nitrogens with zero attached hydrogens (tertiary/aromatic N) is 2. The number of aryl methyl sites for hydroxylation is 1. The summed E-state index contributed by atoms with van der Waals surface area (Å²) >= 11 is 0. The first kappa shape index (κ1) is 14.8. The van der Waals surface area contributed by atoms with E-state index >= 15 is 0 Å². The third-order valence-corrected chi connectivity index (χ3v) is 3.68. The predicted octanol–water partition coefficient (Wildman–Crippen LogP) is 3.10. The molecule has 0 unspecified atom stereocenters. The first-order chi connectivity index (χ1) is 9.69. The van der Waals surface area contributed by atoms with Gasteiger partial charge in [-0.15, -0.1) is 0 Å². The Hall–Kier alpha value is -1.65. The molecule has 5 nitrogen and oxygen atoms in total. The number of aromatic nitrogens is 2. The van der Waals surface area contributed by atoms with Crippen LogP contribution in [-0.2, 0) is 4.74 Å². The minimum absolute atomic E-state index is 0.126. The van der Waals surface area contributed by atoms with Crippen LogP contribution in [0.1, 0.15) is 61.3 Å². The first-order valence-electron chi connectivity index (χ1n) is 7.39. The molecule has 1 aromatic heterocycles. The van der Waals surface area contributed by atoms with Crippen LogP contribution < -0.4 is 5.32 Å². The number of hydrogen-bond acceptors (Lipinski definition) is 5. The summed E-state index contributed by atoms with van der Waals surface area (Å²) in [6.07, 6.45) is 8.82. The molecule has 0 aromatic carbocycles. The maximum atomic E-state index is 11.5. The van der Waals surface area contributed by atoms with Crippen LogP contribution in [0.5, 0.6) is 0 Å². The van der Waals surface area contributed by atoms with Crippen molar-refractivity contribution in [1.82, 2.24) is 9.97 Å². The van der Waals surface area contributed by atoms with Gasteiger partial charge in [-0.05, 0) is 19.8 Å². The maximum absolute atomic E-state index is 11.5. The molecule has 1 heterocycles. The summed E-state index contributed by atoms with van der Waals surface area (Å²) in [4.78, 5) is 19.9. The molecular weight excluding hydrogens is 254 g/mol. The van der Waals surface area contributed by atoms with Gasteiger partial charge >= 0.3 is 5.97 Å². The number of hydrogen-bond donors (Lipinski definition) is 1. The van der Waals surface area contributed by atoms with Gasteiger partial charge in [0.2, 0.25) is 5.82 Å². The number of anilines is 1. The van der Waals surface area contributed by atoms with Gasteiger partial charge in [-0.1, -0.05) is 32.1 Å². The lowest BCUT2D eigenvalue weighted by atomic mass is 9.97. The normalized spacial score (nSPS) is 17.1. The molecule has 2 rings (SSSR count). The monoisotopic (exact) mass is 277 g/mol. The Kier molecular flexibility index (Phi) is 5.32. The standard InChI is InChI=1S/C15H23N3O2/c1-11-10-13(18-14(16-11)15(19)20-2)17-12-8-6-4-3-5-7-9-12/h10,12H,3-9H2,1-2H3,(H,16,17,18). The number of carbonyl (C=O) groups is 1. The highest BCUT2D eigenvalue weighted by molar-refractivity contribution is 5.85. The Bertz CT molecular complexity index is 454. The Balaban J connectivity index is 2.07. The van der Waals surface area contributed by atoms with Crippen LogP contribution in [0.4, 0.5) is 5.82 Å². The third kappa shape index (κ3) is 4.18. The van der Waals surface area contributed by atoms with Crippen molar-refractivity contribution in [1.29, 1.82) is 0 Å². The molecule has 5 heteroatoms. The zero-order valence-corrected chi connectivity index (χ0v) is 12.3. The maximum Gasteiger partial charge on any atom is 0.376 e. The van der Waals surface area contributed by atoms with E-state index in [0.29, 0.717) is 6.04 Å². The lowest BCUT2D eigenvalue weighted by Crippen LogP contribution is -2.22. The smallest absolute Gasteiger partial charge is 0.376 e. The zero-order chi connectivity index (χ0) is 14.4. The minimum atomic E-state index is -0.491. The van der Waals surface area contributed by atoms with Gasteiger partial charge < -0.3 is 10.1 Å². The second-order valence-electron chi connectivity index (χ2n) is 5.40. The number of methoxy groups -OCH3 is 1. The molecular formula is C15H23N3O2. The molecule has 1 N–H and O–H groups in total. The van der Waals surface area contributed by atoms with Gasteiger partial charge in [0.1, 0.15) is 5.82 Å². The van der Waals surface area contributed by atoms with E-state index in [9.17, 15) is 4.79 Å². The molecule has 0 amide bonds. The Morgan fingerprint density at radius 3 is 2.50 bits per heavy atom. The minimum Gasteiger partial charge on any atom is -0.463 e. The van der Waals surface area contributed by atoms with Gasteiger partial charge in [-0.2, -0.15) is 0 Å². The Morgan fingerprint density at radius 1 is 1.20 bits per heavy atom. The molecule has 0 aliphatic heterocycles. The molecule has 0 saturated heterocycles. The Labute approximate surface area is 120 Å². The molecule has 0 radical (unpaired) electrons. The summed E-state index contributed by atoms with van der Waals surface area (Å²) in [6, 6.07) is 2.32. The number of ether oxygens (including phenoxy) is 1. The van der Waals surface area contributed by atoms with Crippen LogP contribution in [0.25, 0.3) is 0 Å². The number of rotatable bonds is 3. The van der Waals surface area contributed by atoms with Gasteiger partial charge in [0.05, 0.1) is 7.11 Å². The lowest BCUT2D eigenvalue weighted by molar-refractivity contribution is 0.0586. The molecule has 1 aliphatic rings. The highest BCUT2D eigenvalue weighted by Crippen LogP contribution is 2.20. The van der Waals surface area contributed by atoms with Crippen molar-refractivity contribution in [3.05, 3.63) is 17.6 Å². The fourth-order valence-electron chi connectivity index (χ4n) is 2.63. The summed E-state index contributed by atoms with van der Waals surface area (Å²) < 4.78 is 4.68. The molecule has 0 atom stereocenters. The summed E-state index contributed by atoms with van der Waals surface area (Å²) in [6.45, 7) is 1.86. The van der Waals surface area contributed by atoms with Crippen molar-refractivity contribution >= 4 is 11.8 Å². The molecule has 1 aromatic rings. The molecule has 110 valence electrons. The predicted molar refractivity (Wildman–Crippen MR) is 77.8 cm³/mol. The second kappa shape index (κ2) is 7.22. The summed E-state index contributed by atoms with van der Waals surface area (Å²) in [7, 11) is 1.34. The molecule has 1 aliphatic carbocycles. The van der Waals surface area contributed by atoms with Gasteiger partial charge in [0.25, 0.3) is 0 Å². The average Bonchev–Trinajstić information content (AvgIpc) is 2.40. The topological polar surface area (TPSA) is 64.1 Å². The van der Waals surface area contributed by atoms with Gasteiger partial charge in [0.15, 0.2) is 0 Å². The molecule has 1 fully saturated rings. The largest absolute Gasteiger partial charge is 0.463 e. The van der Waals surface area contributed by atoms with E-state index in [1.807, 2.05) is 13.0 Å². The highest BCUT2D eigenvalue weighted by atomic mass is 16.5. The fraction of sp³-hybridized carbons (Fsp3) is 0.667. The van der Waals surface area contributed by atoms with Crippen LogP contribution in [0, 0.1) is 6.92 Å². The second-order valence-corrected chi connectivity index (χ2v) is 5.40. The number of carbonyl (C=O) groups excluding carboxylic acids is 1. The van der Waals surface area contributed by atoms with E-state index in [2.05, 4.69) is 20.0 Å². The molecule has 0 spiro atoms. The van der Waals surface area contributed by atoms with Crippen LogP contribution in [-0.4, -0.2) is 29.1 Å². The van der Waals surface area contributed by atoms with Crippen molar-refractivity contribution in [3.63, 3.8) is 0 Å². The van der Waals surface area contributed by atoms with Crippen molar-refractivity contribution < 1.29 is 9.53 Å². The quantitative estimate of drug-likeness (QED) is 0.860. The van der Waals surface area contributed by atoms with Crippen LogP contribution in [0.2, 0.25) is 0 Å². The van der Waals surface area contributed by atoms with Crippen molar-refractivity contribution in [2.75, 3.05) is 12.4 Å². The van der Waals surface area contributed by atoms with Gasteiger partial charge in [-0.3, -0.25) is 0 Å². The molecule has 1 saturated carbocycles. The van der Waals surface area contributed by atoms with E-state index in [0.717, 1.165) is 24.4 Å². The van der Waals surface area contributed by atoms with E-state index in [1.54, 1.807) is 0 Å². The summed E-state index contributed by atoms with van der Waals surface area (Å²) in [5.74, 6) is 0.360. The van der Waals surface area contributed by atoms with E-state index in [-0.39, 0.29) is 5.82 Å². The fourth-order valence-corrected chi connectivity index (χ4v) is 2.63. The third-order valence-electron chi connectivity index (χ3n) is 3.68. The van der Waals surface area contributed by atoms with Gasteiger partial charge in [-0.25, -0.2) is 14.8 Å². The van der Waals surface area contributed by atoms with E-state index < -0.39 is 5.97 Å². The lowest BCUT2D eigenvalue weighted by Gasteiger charge is -2.21. The molecule has 20 heavy (non-hydrogen) atoms. The first-order valence-corrected chi connectivity index (χ1v) is 7.39. The van der Waals surface area contributed by atoms with Gasteiger partial charge in [0, 0.05) is 17.8 Å². The summed E-state index contributed by atoms with van der Waals surface area (Å²) in [5.41, 5.74) is 0.772. The van der Waals surface area contributed by atoms with E-state index in [4.69, 9.17) is 0 Å². The van der Waals surface area contributed by atoms with Crippen molar-refractivity contribution in [2.45, 2.75) is 57.9 Å². The van der Waals surface area contributed by atoms with Crippen LogP contribution >= 0.6 is 0 Å². The highest BCUT2D eigenvalue weighted by Gasteiger charge is 2.15. The molecule has 0 bridgehead atoms. The van der Waals surface area contributed by atoms with Crippen LogP contribution in [0.15, 0.2) is 6.07 Å². The number of esters is 1.